The Labute approximate surface area is 164 Å². The van der Waals surface area contributed by atoms with Crippen LogP contribution in [0.1, 0.15) is 39.5 Å². The fourth-order valence-corrected chi connectivity index (χ4v) is 2.99. The largest absolute Gasteiger partial charge is 0.383 e. The summed E-state index contributed by atoms with van der Waals surface area (Å²) < 4.78 is 11.0. The summed E-state index contributed by atoms with van der Waals surface area (Å²) in [5.74, 6) is 0.895. The van der Waals surface area contributed by atoms with Crippen molar-refractivity contribution < 1.29 is 9.47 Å². The maximum Gasteiger partial charge on any atom is 0.191 e. The highest BCUT2D eigenvalue weighted by molar-refractivity contribution is 14.0. The van der Waals surface area contributed by atoms with Crippen LogP contribution in [0.25, 0.3) is 0 Å². The van der Waals surface area contributed by atoms with Gasteiger partial charge in [0.25, 0.3) is 0 Å². The molecule has 6 nitrogen and oxygen atoms in total. The monoisotopic (exact) mass is 454 g/mol. The molecule has 0 aromatic rings. The minimum atomic E-state index is -0.0825. The number of ether oxygens (including phenoxy) is 2. The molecule has 2 rings (SSSR count). The van der Waals surface area contributed by atoms with Gasteiger partial charge in [0.1, 0.15) is 0 Å². The van der Waals surface area contributed by atoms with Crippen molar-refractivity contribution in [2.75, 3.05) is 53.0 Å². The molecule has 24 heavy (non-hydrogen) atoms. The highest BCUT2D eigenvalue weighted by Gasteiger charge is 2.30. The molecule has 1 heterocycles. The fourth-order valence-electron chi connectivity index (χ4n) is 2.99. The van der Waals surface area contributed by atoms with Gasteiger partial charge in [0.15, 0.2) is 5.96 Å². The lowest BCUT2D eigenvalue weighted by Crippen LogP contribution is -2.43. The summed E-state index contributed by atoms with van der Waals surface area (Å²) in [6.07, 6.45) is 4.90. The SMILES string of the molecule is CCNC(=NCC1(C)CCCO1)NCCN(CCOC)C1CC1.I. The highest BCUT2D eigenvalue weighted by atomic mass is 127. The summed E-state index contributed by atoms with van der Waals surface area (Å²) >= 11 is 0. The zero-order valence-electron chi connectivity index (χ0n) is 15.5. The van der Waals surface area contributed by atoms with Crippen molar-refractivity contribution in [3.8, 4) is 0 Å². The van der Waals surface area contributed by atoms with E-state index in [0.29, 0.717) is 0 Å². The summed E-state index contributed by atoms with van der Waals surface area (Å²) in [6.45, 7) is 10.5. The van der Waals surface area contributed by atoms with E-state index in [1.54, 1.807) is 7.11 Å². The van der Waals surface area contributed by atoms with Crippen LogP contribution < -0.4 is 10.6 Å². The molecule has 0 bridgehead atoms. The summed E-state index contributed by atoms with van der Waals surface area (Å²) in [6, 6.07) is 0.761. The maximum absolute atomic E-state index is 5.81. The molecule has 0 radical (unpaired) electrons. The average Bonchev–Trinajstić information content (AvgIpc) is 3.30. The van der Waals surface area contributed by atoms with E-state index in [1.807, 2.05) is 0 Å². The molecule has 2 N–H and O–H groups in total. The van der Waals surface area contributed by atoms with Gasteiger partial charge in [-0.1, -0.05) is 0 Å². The second-order valence-electron chi connectivity index (χ2n) is 6.78. The van der Waals surface area contributed by atoms with Crippen molar-refractivity contribution in [1.29, 1.82) is 0 Å². The van der Waals surface area contributed by atoms with Gasteiger partial charge in [-0.3, -0.25) is 9.89 Å². The van der Waals surface area contributed by atoms with Crippen LogP contribution in [0.15, 0.2) is 4.99 Å². The number of nitrogens with zero attached hydrogens (tertiary/aromatic N) is 2. The Morgan fingerprint density at radius 1 is 1.33 bits per heavy atom. The minimum Gasteiger partial charge on any atom is -0.383 e. The lowest BCUT2D eigenvalue weighted by Gasteiger charge is -2.23. The molecule has 1 aliphatic carbocycles. The number of guanidine groups is 1. The molecule has 0 spiro atoms. The van der Waals surface area contributed by atoms with Crippen LogP contribution in [-0.2, 0) is 9.47 Å². The second kappa shape index (κ2) is 11.5. The Balaban J connectivity index is 0.00000288. The Morgan fingerprint density at radius 3 is 2.71 bits per heavy atom. The zero-order chi connectivity index (χ0) is 16.5. The molecule has 1 saturated carbocycles. The van der Waals surface area contributed by atoms with E-state index < -0.39 is 0 Å². The second-order valence-corrected chi connectivity index (χ2v) is 6.78. The lowest BCUT2D eigenvalue weighted by molar-refractivity contribution is 0.0283. The third-order valence-electron chi connectivity index (χ3n) is 4.55. The number of rotatable bonds is 10. The zero-order valence-corrected chi connectivity index (χ0v) is 17.8. The predicted molar refractivity (Wildman–Crippen MR) is 109 cm³/mol. The molecule has 2 aliphatic rings. The van der Waals surface area contributed by atoms with Crippen molar-refractivity contribution in [3.63, 3.8) is 0 Å². The third-order valence-corrected chi connectivity index (χ3v) is 4.55. The smallest absolute Gasteiger partial charge is 0.191 e. The predicted octanol–water partition coefficient (Wildman–Crippen LogP) is 1.84. The van der Waals surface area contributed by atoms with Gasteiger partial charge in [-0.2, -0.15) is 0 Å². The summed E-state index contributed by atoms with van der Waals surface area (Å²) in [5, 5.41) is 6.78. The van der Waals surface area contributed by atoms with Crippen LogP contribution in [0.4, 0.5) is 0 Å². The first kappa shape index (κ1) is 21.9. The fraction of sp³-hybridized carbons (Fsp3) is 0.941. The average molecular weight is 454 g/mol. The topological polar surface area (TPSA) is 58.1 Å². The lowest BCUT2D eigenvalue weighted by atomic mass is 10.0. The standard InChI is InChI=1S/C17H34N4O2.HI/c1-4-18-16(20-14-17(2)8-5-12-23-17)19-9-10-21(11-13-22-3)15-6-7-15;/h15H,4-14H2,1-3H3,(H2,18,19,20);1H. The van der Waals surface area contributed by atoms with Gasteiger partial charge in [0.05, 0.1) is 18.8 Å². The number of hydrogen-bond donors (Lipinski definition) is 2. The normalized spacial score (nSPS) is 24.1. The number of aliphatic imine (C=N–C) groups is 1. The summed E-state index contributed by atoms with van der Waals surface area (Å²) in [4.78, 5) is 7.23. The Hall–Kier alpha value is -0.120. The molecule has 142 valence electrons. The molecule has 7 heteroatoms. The van der Waals surface area contributed by atoms with Crippen LogP contribution in [0.3, 0.4) is 0 Å². The molecule has 1 aliphatic heterocycles. The number of nitrogens with one attached hydrogen (secondary N) is 2. The Bertz CT molecular complexity index is 372. The molecule has 1 atom stereocenters. The Morgan fingerprint density at radius 2 is 2.12 bits per heavy atom. The maximum atomic E-state index is 5.81. The molecule has 0 aromatic heterocycles. The van der Waals surface area contributed by atoms with E-state index in [9.17, 15) is 0 Å². The first-order chi connectivity index (χ1) is 11.2. The number of hydrogen-bond acceptors (Lipinski definition) is 4. The highest BCUT2D eigenvalue weighted by Crippen LogP contribution is 2.26. The van der Waals surface area contributed by atoms with Crippen molar-refractivity contribution >= 4 is 29.9 Å². The first-order valence-electron chi connectivity index (χ1n) is 9.06. The molecule has 0 aromatic carbocycles. The Kier molecular flexibility index (Phi) is 10.5. The third kappa shape index (κ3) is 7.84. The van der Waals surface area contributed by atoms with E-state index in [4.69, 9.17) is 14.5 Å². The summed E-state index contributed by atoms with van der Waals surface area (Å²) in [5.41, 5.74) is -0.0825. The molecule has 1 saturated heterocycles. The van der Waals surface area contributed by atoms with Gasteiger partial charge in [-0.05, 0) is 39.5 Å². The van der Waals surface area contributed by atoms with Crippen molar-refractivity contribution in [1.82, 2.24) is 15.5 Å². The minimum absolute atomic E-state index is 0. The van der Waals surface area contributed by atoms with E-state index in [1.165, 1.54) is 12.8 Å². The summed E-state index contributed by atoms with van der Waals surface area (Å²) in [7, 11) is 1.77. The van der Waals surface area contributed by atoms with Gasteiger partial charge in [0.2, 0.25) is 0 Å². The van der Waals surface area contributed by atoms with Crippen LogP contribution >= 0.6 is 24.0 Å². The molecule has 1 unspecified atom stereocenters. The number of halogens is 1. The molecule has 2 fully saturated rings. The van der Waals surface area contributed by atoms with E-state index in [-0.39, 0.29) is 29.6 Å². The van der Waals surface area contributed by atoms with E-state index in [2.05, 4.69) is 29.4 Å². The van der Waals surface area contributed by atoms with Gasteiger partial charge in [-0.25, -0.2) is 0 Å². The molecular weight excluding hydrogens is 419 g/mol. The quantitative estimate of drug-likeness (QED) is 0.300. The van der Waals surface area contributed by atoms with E-state index in [0.717, 1.165) is 70.8 Å². The van der Waals surface area contributed by atoms with Crippen LogP contribution in [0.5, 0.6) is 0 Å². The molecular formula is C17H35IN4O2. The van der Waals surface area contributed by atoms with Gasteiger partial charge in [-0.15, -0.1) is 24.0 Å². The number of methoxy groups -OCH3 is 1. The van der Waals surface area contributed by atoms with Crippen LogP contribution in [0.2, 0.25) is 0 Å². The van der Waals surface area contributed by atoms with E-state index >= 15 is 0 Å². The van der Waals surface area contributed by atoms with Gasteiger partial charge >= 0.3 is 0 Å². The van der Waals surface area contributed by atoms with Gasteiger partial charge < -0.3 is 20.1 Å². The van der Waals surface area contributed by atoms with Crippen LogP contribution in [-0.4, -0.2) is 75.5 Å². The van der Waals surface area contributed by atoms with Crippen molar-refractivity contribution in [2.45, 2.75) is 51.2 Å². The van der Waals surface area contributed by atoms with Crippen molar-refractivity contribution in [2.24, 2.45) is 4.99 Å². The molecule has 0 amide bonds. The van der Waals surface area contributed by atoms with Crippen molar-refractivity contribution in [3.05, 3.63) is 0 Å². The first-order valence-corrected chi connectivity index (χ1v) is 9.06. The van der Waals surface area contributed by atoms with Crippen LogP contribution in [0, 0.1) is 0 Å². The van der Waals surface area contributed by atoms with Gasteiger partial charge in [0, 0.05) is 45.9 Å².